The molecule has 5 heteroatoms. The molecular weight excluding hydrogens is 273 g/mol. The lowest BCUT2D eigenvalue weighted by molar-refractivity contribution is 0.629. The molecule has 3 aromatic rings. The Morgan fingerprint density at radius 3 is 2.65 bits per heavy atom. The minimum atomic E-state index is -0.301. The van der Waals surface area contributed by atoms with Crippen molar-refractivity contribution in [1.29, 1.82) is 5.26 Å². The van der Waals surface area contributed by atoms with Gasteiger partial charge in [-0.05, 0) is 48.1 Å². The van der Waals surface area contributed by atoms with Crippen molar-refractivity contribution in [2.75, 3.05) is 0 Å². The number of benzene rings is 2. The summed E-state index contributed by atoms with van der Waals surface area (Å²) in [7, 11) is 0. The molecule has 0 aliphatic carbocycles. The number of hydrogen-bond acceptors (Lipinski definition) is 2. The Balaban J connectivity index is 2.17. The number of aromatic nitrogens is 2. The molecule has 3 nitrogen and oxygen atoms in total. The summed E-state index contributed by atoms with van der Waals surface area (Å²) in [6.45, 7) is 0. The zero-order valence-corrected chi connectivity index (χ0v) is 11.2. The Morgan fingerprint density at radius 1 is 1.20 bits per heavy atom. The van der Waals surface area contributed by atoms with Crippen LogP contribution in [-0.4, -0.2) is 9.55 Å². The maximum Gasteiger partial charge on any atom is 0.182 e. The molecule has 0 aliphatic rings. The number of nitrogens with zero attached hydrogens (tertiary/aromatic N) is 2. The summed E-state index contributed by atoms with van der Waals surface area (Å²) in [5.74, 6) is -0.301. The fourth-order valence-corrected chi connectivity index (χ4v) is 2.51. The van der Waals surface area contributed by atoms with Crippen molar-refractivity contribution in [3.8, 4) is 11.8 Å². The molecule has 1 N–H and O–H groups in total. The van der Waals surface area contributed by atoms with Crippen LogP contribution in [0.3, 0.4) is 0 Å². The zero-order valence-electron chi connectivity index (χ0n) is 10.4. The summed E-state index contributed by atoms with van der Waals surface area (Å²) < 4.78 is 15.6. The Labute approximate surface area is 119 Å². The summed E-state index contributed by atoms with van der Waals surface area (Å²) in [4.78, 5) is 2.99. The third kappa shape index (κ3) is 2.10. The average Bonchev–Trinajstić information content (AvgIpc) is 2.75. The van der Waals surface area contributed by atoms with E-state index in [1.165, 1.54) is 12.1 Å². The molecule has 0 atom stereocenters. The SMILES string of the molecule is N#CCc1ccc(-n2c(=S)[nH]c3cc(F)ccc32)cc1. The monoisotopic (exact) mass is 283 g/mol. The van der Waals surface area contributed by atoms with Gasteiger partial charge in [0.25, 0.3) is 0 Å². The van der Waals surface area contributed by atoms with E-state index in [0.717, 1.165) is 16.8 Å². The largest absolute Gasteiger partial charge is 0.330 e. The molecule has 0 spiro atoms. The number of imidazole rings is 1. The average molecular weight is 283 g/mol. The van der Waals surface area contributed by atoms with Gasteiger partial charge in [0, 0.05) is 5.69 Å². The van der Waals surface area contributed by atoms with E-state index in [0.29, 0.717) is 16.7 Å². The quantitative estimate of drug-likeness (QED) is 0.725. The van der Waals surface area contributed by atoms with Gasteiger partial charge in [0.1, 0.15) is 5.82 Å². The van der Waals surface area contributed by atoms with Crippen LogP contribution in [-0.2, 0) is 6.42 Å². The second-order valence-electron chi connectivity index (χ2n) is 4.43. The van der Waals surface area contributed by atoms with E-state index in [1.54, 1.807) is 6.07 Å². The van der Waals surface area contributed by atoms with Gasteiger partial charge in [-0.1, -0.05) is 12.1 Å². The third-order valence-electron chi connectivity index (χ3n) is 3.12. The molecule has 20 heavy (non-hydrogen) atoms. The normalized spacial score (nSPS) is 10.6. The highest BCUT2D eigenvalue weighted by atomic mass is 32.1. The van der Waals surface area contributed by atoms with Crippen LogP contribution < -0.4 is 0 Å². The van der Waals surface area contributed by atoms with Crippen molar-refractivity contribution in [2.45, 2.75) is 6.42 Å². The number of fused-ring (bicyclic) bond motifs is 1. The molecular formula is C15H10FN3S. The van der Waals surface area contributed by atoms with Crippen LogP contribution in [0, 0.1) is 21.9 Å². The van der Waals surface area contributed by atoms with Crippen molar-refractivity contribution in [3.63, 3.8) is 0 Å². The predicted molar refractivity (Wildman–Crippen MR) is 77.7 cm³/mol. The maximum atomic E-state index is 13.2. The van der Waals surface area contributed by atoms with E-state index in [2.05, 4.69) is 11.1 Å². The van der Waals surface area contributed by atoms with Crippen LogP contribution in [0.2, 0.25) is 0 Å². The lowest BCUT2D eigenvalue weighted by Crippen LogP contribution is -1.94. The van der Waals surface area contributed by atoms with Crippen LogP contribution in [0.25, 0.3) is 16.7 Å². The highest BCUT2D eigenvalue weighted by molar-refractivity contribution is 7.71. The molecule has 1 aromatic heterocycles. The topological polar surface area (TPSA) is 44.5 Å². The van der Waals surface area contributed by atoms with E-state index in [1.807, 2.05) is 28.8 Å². The van der Waals surface area contributed by atoms with Crippen molar-refractivity contribution < 1.29 is 4.39 Å². The smallest absolute Gasteiger partial charge is 0.182 e. The van der Waals surface area contributed by atoms with Crippen LogP contribution >= 0.6 is 12.2 Å². The molecule has 0 saturated carbocycles. The molecule has 98 valence electrons. The molecule has 0 fully saturated rings. The second-order valence-corrected chi connectivity index (χ2v) is 4.82. The molecule has 0 saturated heterocycles. The number of H-pyrrole nitrogens is 1. The summed E-state index contributed by atoms with van der Waals surface area (Å²) in [5, 5.41) is 8.67. The fraction of sp³-hybridized carbons (Fsp3) is 0.0667. The van der Waals surface area contributed by atoms with Crippen LogP contribution in [0.4, 0.5) is 4.39 Å². The van der Waals surface area contributed by atoms with Gasteiger partial charge < -0.3 is 4.98 Å². The van der Waals surface area contributed by atoms with Crippen molar-refractivity contribution in [3.05, 3.63) is 58.6 Å². The maximum absolute atomic E-state index is 13.2. The summed E-state index contributed by atoms with van der Waals surface area (Å²) >= 11 is 5.29. The molecule has 0 amide bonds. The number of nitriles is 1. The Morgan fingerprint density at radius 2 is 1.95 bits per heavy atom. The number of hydrogen-bond donors (Lipinski definition) is 1. The van der Waals surface area contributed by atoms with Gasteiger partial charge in [0.05, 0.1) is 23.5 Å². The van der Waals surface area contributed by atoms with Crippen LogP contribution in [0.5, 0.6) is 0 Å². The standard InChI is InChI=1S/C15H10FN3S/c16-11-3-6-14-13(9-11)18-15(20)19(14)12-4-1-10(2-5-12)7-8-17/h1-6,9H,7H2,(H,18,20). The first-order valence-electron chi connectivity index (χ1n) is 6.05. The molecule has 0 aliphatic heterocycles. The van der Waals surface area contributed by atoms with Crippen molar-refractivity contribution >= 4 is 23.3 Å². The van der Waals surface area contributed by atoms with E-state index in [-0.39, 0.29) is 5.82 Å². The second kappa shape index (κ2) is 4.91. The molecule has 3 rings (SSSR count). The lowest BCUT2D eigenvalue weighted by atomic mass is 10.1. The number of halogens is 1. The minimum absolute atomic E-state index is 0.301. The first-order valence-corrected chi connectivity index (χ1v) is 6.46. The van der Waals surface area contributed by atoms with Gasteiger partial charge in [-0.15, -0.1) is 0 Å². The number of nitrogens with one attached hydrogen (secondary N) is 1. The zero-order chi connectivity index (χ0) is 14.1. The first kappa shape index (κ1) is 12.6. The van der Waals surface area contributed by atoms with Gasteiger partial charge in [-0.3, -0.25) is 4.57 Å². The van der Waals surface area contributed by atoms with Gasteiger partial charge >= 0.3 is 0 Å². The highest BCUT2D eigenvalue weighted by Gasteiger charge is 2.07. The lowest BCUT2D eigenvalue weighted by Gasteiger charge is -2.05. The summed E-state index contributed by atoms with van der Waals surface area (Å²) in [6, 6.07) is 14.2. The number of rotatable bonds is 2. The molecule has 0 bridgehead atoms. The van der Waals surface area contributed by atoms with Gasteiger partial charge in [-0.25, -0.2) is 4.39 Å². The van der Waals surface area contributed by atoms with Gasteiger partial charge in [0.15, 0.2) is 4.77 Å². The third-order valence-corrected chi connectivity index (χ3v) is 3.41. The molecule has 0 unspecified atom stereocenters. The van der Waals surface area contributed by atoms with Crippen molar-refractivity contribution in [2.24, 2.45) is 0 Å². The van der Waals surface area contributed by atoms with Gasteiger partial charge in [-0.2, -0.15) is 5.26 Å². The Bertz CT molecular complexity index is 869. The van der Waals surface area contributed by atoms with E-state index in [4.69, 9.17) is 17.5 Å². The Kier molecular flexibility index (Phi) is 3.09. The van der Waals surface area contributed by atoms with Crippen molar-refractivity contribution in [1.82, 2.24) is 9.55 Å². The van der Waals surface area contributed by atoms with E-state index >= 15 is 0 Å². The highest BCUT2D eigenvalue weighted by Crippen LogP contribution is 2.20. The van der Waals surface area contributed by atoms with E-state index < -0.39 is 0 Å². The number of aromatic amines is 1. The van der Waals surface area contributed by atoms with Gasteiger partial charge in [0.2, 0.25) is 0 Å². The summed E-state index contributed by atoms with van der Waals surface area (Å²) in [5.41, 5.74) is 3.32. The minimum Gasteiger partial charge on any atom is -0.330 e. The Hall–Kier alpha value is -2.45. The molecule has 0 radical (unpaired) electrons. The van der Waals surface area contributed by atoms with Crippen LogP contribution in [0.15, 0.2) is 42.5 Å². The predicted octanol–water partition coefficient (Wildman–Crippen LogP) is 3.89. The molecule has 1 heterocycles. The summed E-state index contributed by atoms with van der Waals surface area (Å²) in [6.07, 6.45) is 0.380. The fourth-order valence-electron chi connectivity index (χ4n) is 2.19. The van der Waals surface area contributed by atoms with E-state index in [9.17, 15) is 4.39 Å². The first-order chi connectivity index (χ1) is 9.69. The molecule has 2 aromatic carbocycles. The van der Waals surface area contributed by atoms with Crippen LogP contribution in [0.1, 0.15) is 5.56 Å².